The Morgan fingerprint density at radius 3 is 2.91 bits per heavy atom. The quantitative estimate of drug-likeness (QED) is 0.649. The summed E-state index contributed by atoms with van der Waals surface area (Å²) in [4.78, 5) is 0. The number of hydrogen-bond donors (Lipinski definition) is 1. The Labute approximate surface area is 66.7 Å². The summed E-state index contributed by atoms with van der Waals surface area (Å²) >= 11 is 0. The molecular formula is C8H13N3. The zero-order chi connectivity index (χ0) is 8.27. The van der Waals surface area contributed by atoms with Gasteiger partial charge in [0.2, 0.25) is 0 Å². The van der Waals surface area contributed by atoms with Gasteiger partial charge in [-0.3, -0.25) is 4.68 Å². The second-order valence-corrected chi connectivity index (χ2v) is 2.38. The molecule has 3 heteroatoms. The van der Waals surface area contributed by atoms with Crippen LogP contribution >= 0.6 is 0 Å². The molecule has 1 heterocycles. The molecule has 3 nitrogen and oxygen atoms in total. The van der Waals surface area contributed by atoms with Gasteiger partial charge >= 0.3 is 0 Å². The Kier molecular flexibility index (Phi) is 2.44. The van der Waals surface area contributed by atoms with Crippen molar-refractivity contribution in [1.82, 2.24) is 15.1 Å². The molecule has 0 aliphatic heterocycles. The van der Waals surface area contributed by atoms with Crippen molar-refractivity contribution in [2.45, 2.75) is 6.04 Å². The average Bonchev–Trinajstić information content (AvgIpc) is 2.40. The summed E-state index contributed by atoms with van der Waals surface area (Å²) in [6, 6.07) is 2.17. The lowest BCUT2D eigenvalue weighted by Gasteiger charge is -2.10. The lowest BCUT2D eigenvalue weighted by molar-refractivity contribution is 0.620. The Balaban J connectivity index is 2.89. The molecule has 1 aromatic rings. The van der Waals surface area contributed by atoms with E-state index in [2.05, 4.69) is 17.0 Å². The molecule has 1 aromatic heterocycles. The van der Waals surface area contributed by atoms with Gasteiger partial charge in [-0.15, -0.1) is 6.58 Å². The summed E-state index contributed by atoms with van der Waals surface area (Å²) in [6.07, 6.45) is 3.64. The van der Waals surface area contributed by atoms with Crippen molar-refractivity contribution in [2.24, 2.45) is 7.05 Å². The number of likely N-dealkylation sites (N-methyl/N-ethyl adjacent to an activating group) is 1. The van der Waals surface area contributed by atoms with E-state index in [-0.39, 0.29) is 6.04 Å². The molecule has 0 bridgehead atoms. The van der Waals surface area contributed by atoms with Crippen LogP contribution in [0.3, 0.4) is 0 Å². The third-order valence-corrected chi connectivity index (χ3v) is 1.72. The molecule has 1 unspecified atom stereocenters. The first-order valence-corrected chi connectivity index (χ1v) is 3.57. The molecule has 0 aliphatic carbocycles. The van der Waals surface area contributed by atoms with Gasteiger partial charge in [0.05, 0.1) is 11.7 Å². The van der Waals surface area contributed by atoms with Gasteiger partial charge in [0, 0.05) is 13.2 Å². The van der Waals surface area contributed by atoms with Crippen molar-refractivity contribution < 1.29 is 0 Å². The van der Waals surface area contributed by atoms with Crippen molar-refractivity contribution in [1.29, 1.82) is 0 Å². The number of aryl methyl sites for hydroxylation is 1. The highest BCUT2D eigenvalue weighted by Crippen LogP contribution is 2.10. The lowest BCUT2D eigenvalue weighted by atomic mass is 10.2. The molecule has 0 aliphatic rings. The first-order chi connectivity index (χ1) is 5.29. The highest BCUT2D eigenvalue weighted by Gasteiger charge is 2.06. The predicted octanol–water partition coefficient (Wildman–Crippen LogP) is 0.867. The van der Waals surface area contributed by atoms with Crippen LogP contribution in [0.25, 0.3) is 0 Å². The summed E-state index contributed by atoms with van der Waals surface area (Å²) in [5.74, 6) is 0. The fourth-order valence-electron chi connectivity index (χ4n) is 1.08. The zero-order valence-corrected chi connectivity index (χ0v) is 6.91. The van der Waals surface area contributed by atoms with Gasteiger partial charge in [-0.2, -0.15) is 5.10 Å². The van der Waals surface area contributed by atoms with E-state index >= 15 is 0 Å². The van der Waals surface area contributed by atoms with Crippen LogP contribution in [0.5, 0.6) is 0 Å². The molecule has 0 saturated heterocycles. The van der Waals surface area contributed by atoms with Crippen LogP contribution in [0.15, 0.2) is 24.9 Å². The second-order valence-electron chi connectivity index (χ2n) is 2.38. The number of rotatable bonds is 3. The maximum atomic E-state index is 4.06. The van der Waals surface area contributed by atoms with E-state index in [1.54, 1.807) is 6.20 Å². The standard InChI is InChI=1S/C8H13N3/c1-4-7(9-2)8-5-6-10-11(8)3/h4-7,9H,1H2,2-3H3. The summed E-state index contributed by atoms with van der Waals surface area (Å²) in [5, 5.41) is 7.18. The van der Waals surface area contributed by atoms with Gasteiger partial charge in [-0.25, -0.2) is 0 Å². The van der Waals surface area contributed by atoms with Gasteiger partial charge in [0.1, 0.15) is 0 Å². The van der Waals surface area contributed by atoms with Crippen LogP contribution in [0.1, 0.15) is 11.7 Å². The fraction of sp³-hybridized carbons (Fsp3) is 0.375. The number of nitrogens with one attached hydrogen (secondary N) is 1. The summed E-state index contributed by atoms with van der Waals surface area (Å²) < 4.78 is 1.84. The Hall–Kier alpha value is -1.09. The van der Waals surface area contributed by atoms with Crippen LogP contribution in [0.2, 0.25) is 0 Å². The molecule has 1 rings (SSSR count). The van der Waals surface area contributed by atoms with Crippen molar-refractivity contribution in [3.05, 3.63) is 30.6 Å². The average molecular weight is 151 g/mol. The minimum Gasteiger partial charge on any atom is -0.309 e. The molecule has 60 valence electrons. The van der Waals surface area contributed by atoms with E-state index in [9.17, 15) is 0 Å². The van der Waals surface area contributed by atoms with E-state index in [0.717, 1.165) is 5.69 Å². The molecule has 11 heavy (non-hydrogen) atoms. The molecule has 1 atom stereocenters. The monoisotopic (exact) mass is 151 g/mol. The molecule has 0 spiro atoms. The molecule has 0 fully saturated rings. The largest absolute Gasteiger partial charge is 0.309 e. The van der Waals surface area contributed by atoms with Crippen LogP contribution in [-0.4, -0.2) is 16.8 Å². The molecular weight excluding hydrogens is 138 g/mol. The summed E-state index contributed by atoms with van der Waals surface area (Å²) in [6.45, 7) is 3.73. The van der Waals surface area contributed by atoms with Crippen LogP contribution in [-0.2, 0) is 7.05 Å². The summed E-state index contributed by atoms with van der Waals surface area (Å²) in [5.41, 5.74) is 1.13. The third-order valence-electron chi connectivity index (χ3n) is 1.72. The highest BCUT2D eigenvalue weighted by molar-refractivity contribution is 5.11. The van der Waals surface area contributed by atoms with Gasteiger partial charge in [0.15, 0.2) is 0 Å². The van der Waals surface area contributed by atoms with Crippen LogP contribution < -0.4 is 5.32 Å². The van der Waals surface area contributed by atoms with Crippen molar-refractivity contribution in [3.63, 3.8) is 0 Å². The molecule has 0 radical (unpaired) electrons. The molecule has 0 aromatic carbocycles. The second kappa shape index (κ2) is 3.34. The number of aromatic nitrogens is 2. The maximum absolute atomic E-state index is 4.06. The van der Waals surface area contributed by atoms with Crippen molar-refractivity contribution in [3.8, 4) is 0 Å². The van der Waals surface area contributed by atoms with E-state index < -0.39 is 0 Å². The SMILES string of the molecule is C=CC(NC)c1ccnn1C. The lowest BCUT2D eigenvalue weighted by Crippen LogP contribution is -2.16. The number of nitrogens with zero attached hydrogens (tertiary/aromatic N) is 2. The van der Waals surface area contributed by atoms with Crippen molar-refractivity contribution >= 4 is 0 Å². The van der Waals surface area contributed by atoms with Gasteiger partial charge in [-0.1, -0.05) is 6.08 Å². The summed E-state index contributed by atoms with van der Waals surface area (Å²) in [7, 11) is 3.82. The van der Waals surface area contributed by atoms with Gasteiger partial charge < -0.3 is 5.32 Å². The van der Waals surface area contributed by atoms with Gasteiger partial charge in [0.25, 0.3) is 0 Å². The van der Waals surface area contributed by atoms with E-state index in [4.69, 9.17) is 0 Å². The minimum atomic E-state index is 0.197. The van der Waals surface area contributed by atoms with Crippen LogP contribution in [0, 0.1) is 0 Å². The van der Waals surface area contributed by atoms with E-state index in [1.807, 2.05) is 30.9 Å². The normalized spacial score (nSPS) is 12.9. The molecule has 1 N–H and O–H groups in total. The Morgan fingerprint density at radius 1 is 1.82 bits per heavy atom. The first kappa shape index (κ1) is 8.01. The minimum absolute atomic E-state index is 0.197. The smallest absolute Gasteiger partial charge is 0.0672 e. The maximum Gasteiger partial charge on any atom is 0.0672 e. The predicted molar refractivity (Wildman–Crippen MR) is 45.2 cm³/mol. The fourth-order valence-corrected chi connectivity index (χ4v) is 1.08. The molecule has 0 amide bonds. The Bertz CT molecular complexity index is 239. The topological polar surface area (TPSA) is 29.9 Å². The first-order valence-electron chi connectivity index (χ1n) is 3.57. The van der Waals surface area contributed by atoms with Crippen LogP contribution in [0.4, 0.5) is 0 Å². The third kappa shape index (κ3) is 1.49. The van der Waals surface area contributed by atoms with E-state index in [0.29, 0.717) is 0 Å². The molecule has 0 saturated carbocycles. The Morgan fingerprint density at radius 2 is 2.55 bits per heavy atom. The van der Waals surface area contributed by atoms with E-state index in [1.165, 1.54) is 0 Å². The highest BCUT2D eigenvalue weighted by atomic mass is 15.3. The van der Waals surface area contributed by atoms with Gasteiger partial charge in [-0.05, 0) is 13.1 Å². The zero-order valence-electron chi connectivity index (χ0n) is 6.91. The van der Waals surface area contributed by atoms with Crippen molar-refractivity contribution in [2.75, 3.05) is 7.05 Å². The number of hydrogen-bond acceptors (Lipinski definition) is 2.